The van der Waals surface area contributed by atoms with Gasteiger partial charge in [-0.2, -0.15) is 0 Å². The topological polar surface area (TPSA) is 99.0 Å². The van der Waals surface area contributed by atoms with Crippen molar-refractivity contribution in [1.82, 2.24) is 14.9 Å². The van der Waals surface area contributed by atoms with Crippen molar-refractivity contribution in [2.45, 2.75) is 0 Å². The van der Waals surface area contributed by atoms with Crippen LogP contribution in [0.4, 0.5) is 5.82 Å². The van der Waals surface area contributed by atoms with Crippen LogP contribution in [0.2, 0.25) is 0 Å². The van der Waals surface area contributed by atoms with Crippen molar-refractivity contribution >= 4 is 11.7 Å². The highest BCUT2D eigenvalue weighted by Crippen LogP contribution is 2.07. The Labute approximate surface area is 75.2 Å². The van der Waals surface area contributed by atoms with E-state index in [1.807, 2.05) is 0 Å². The molecule has 0 saturated carbocycles. The normalized spacial score (nSPS) is 9.62. The van der Waals surface area contributed by atoms with Crippen LogP contribution >= 0.6 is 0 Å². The molecule has 1 rings (SSSR count). The van der Waals surface area contributed by atoms with E-state index in [2.05, 4.69) is 16.9 Å². The van der Waals surface area contributed by atoms with E-state index in [0.29, 0.717) is 5.82 Å². The van der Waals surface area contributed by atoms with Crippen LogP contribution in [0, 0.1) is 0 Å². The zero-order valence-corrected chi connectivity index (χ0v) is 7.24. The van der Waals surface area contributed by atoms with Gasteiger partial charge in [-0.15, -0.1) is 0 Å². The van der Waals surface area contributed by atoms with Gasteiger partial charge in [0.1, 0.15) is 5.82 Å². The van der Waals surface area contributed by atoms with Gasteiger partial charge in [-0.3, -0.25) is 4.79 Å². The molecular weight excluding hydrogens is 170 g/mol. The fourth-order valence-corrected chi connectivity index (χ4v) is 0.820. The SMILES string of the molecule is C=C(N)NC(=O)c1ncn(C)c1N. The van der Waals surface area contributed by atoms with E-state index < -0.39 is 5.91 Å². The molecule has 0 saturated heterocycles. The molecule has 70 valence electrons. The van der Waals surface area contributed by atoms with Gasteiger partial charge in [-0.25, -0.2) is 4.98 Å². The molecule has 0 unspecified atom stereocenters. The number of carbonyl (C=O) groups is 1. The summed E-state index contributed by atoms with van der Waals surface area (Å²) in [5.74, 6) is -0.0978. The first-order chi connectivity index (χ1) is 6.02. The summed E-state index contributed by atoms with van der Waals surface area (Å²) in [6.07, 6.45) is 1.45. The van der Waals surface area contributed by atoms with Gasteiger partial charge in [0.25, 0.3) is 5.91 Å². The zero-order valence-electron chi connectivity index (χ0n) is 7.24. The van der Waals surface area contributed by atoms with Crippen LogP contribution in [0.15, 0.2) is 18.7 Å². The highest BCUT2D eigenvalue weighted by Gasteiger charge is 2.13. The van der Waals surface area contributed by atoms with Crippen molar-refractivity contribution < 1.29 is 4.79 Å². The van der Waals surface area contributed by atoms with Gasteiger partial charge >= 0.3 is 0 Å². The lowest BCUT2D eigenvalue weighted by molar-refractivity contribution is 0.0962. The maximum absolute atomic E-state index is 11.3. The van der Waals surface area contributed by atoms with Crippen molar-refractivity contribution in [3.05, 3.63) is 24.4 Å². The van der Waals surface area contributed by atoms with E-state index in [1.165, 1.54) is 10.9 Å². The number of imidazole rings is 1. The number of hydrogen-bond donors (Lipinski definition) is 3. The molecule has 0 aliphatic heterocycles. The van der Waals surface area contributed by atoms with Crippen molar-refractivity contribution in [1.29, 1.82) is 0 Å². The van der Waals surface area contributed by atoms with Crippen LogP contribution in [0.5, 0.6) is 0 Å². The molecule has 1 amide bonds. The summed E-state index contributed by atoms with van der Waals surface area (Å²) in [4.78, 5) is 15.1. The highest BCUT2D eigenvalue weighted by molar-refractivity contribution is 5.97. The maximum Gasteiger partial charge on any atom is 0.279 e. The fourth-order valence-electron chi connectivity index (χ4n) is 0.820. The number of anilines is 1. The monoisotopic (exact) mass is 181 g/mol. The van der Waals surface area contributed by atoms with Crippen molar-refractivity contribution in [3.63, 3.8) is 0 Å². The molecule has 0 radical (unpaired) electrons. The Morgan fingerprint density at radius 1 is 1.77 bits per heavy atom. The second-order valence-corrected chi connectivity index (χ2v) is 2.57. The second-order valence-electron chi connectivity index (χ2n) is 2.57. The van der Waals surface area contributed by atoms with Crippen LogP contribution in [0.25, 0.3) is 0 Å². The summed E-state index contributed by atoms with van der Waals surface area (Å²) >= 11 is 0. The molecule has 0 fully saturated rings. The van der Waals surface area contributed by atoms with Crippen LogP contribution in [0.3, 0.4) is 0 Å². The second kappa shape index (κ2) is 3.18. The molecule has 6 heteroatoms. The molecule has 0 atom stereocenters. The fraction of sp³-hybridized carbons (Fsp3) is 0.143. The molecule has 1 aromatic heterocycles. The average Bonchev–Trinajstić information content (AvgIpc) is 2.31. The summed E-state index contributed by atoms with van der Waals surface area (Å²) in [5, 5.41) is 2.30. The third-order valence-corrected chi connectivity index (χ3v) is 1.47. The van der Waals surface area contributed by atoms with Crippen LogP contribution in [0.1, 0.15) is 10.5 Å². The van der Waals surface area contributed by atoms with E-state index in [-0.39, 0.29) is 11.5 Å². The van der Waals surface area contributed by atoms with Crippen LogP contribution in [-0.2, 0) is 7.05 Å². The lowest BCUT2D eigenvalue weighted by Crippen LogP contribution is -2.27. The van der Waals surface area contributed by atoms with Crippen molar-refractivity contribution in [2.75, 3.05) is 5.73 Å². The first-order valence-corrected chi connectivity index (χ1v) is 3.55. The molecule has 1 heterocycles. The van der Waals surface area contributed by atoms with E-state index >= 15 is 0 Å². The third-order valence-electron chi connectivity index (χ3n) is 1.47. The maximum atomic E-state index is 11.3. The molecular formula is C7H11N5O. The largest absolute Gasteiger partial charge is 0.386 e. The van der Waals surface area contributed by atoms with E-state index in [9.17, 15) is 4.79 Å². The van der Waals surface area contributed by atoms with Crippen molar-refractivity contribution in [2.24, 2.45) is 12.8 Å². The van der Waals surface area contributed by atoms with E-state index in [1.54, 1.807) is 7.05 Å². The molecule has 0 spiro atoms. The Balaban J connectivity index is 2.89. The summed E-state index contributed by atoms with van der Waals surface area (Å²) in [6.45, 7) is 3.33. The van der Waals surface area contributed by atoms with Crippen LogP contribution < -0.4 is 16.8 Å². The molecule has 6 nitrogen and oxygen atoms in total. The Kier molecular flexibility index (Phi) is 2.23. The molecule has 0 aliphatic carbocycles. The molecule has 13 heavy (non-hydrogen) atoms. The highest BCUT2D eigenvalue weighted by atomic mass is 16.2. The third kappa shape index (κ3) is 1.78. The Hall–Kier alpha value is -1.98. The van der Waals surface area contributed by atoms with Gasteiger partial charge in [0.2, 0.25) is 0 Å². The van der Waals surface area contributed by atoms with Crippen LogP contribution in [-0.4, -0.2) is 15.5 Å². The van der Waals surface area contributed by atoms with Crippen molar-refractivity contribution in [3.8, 4) is 0 Å². The first kappa shape index (κ1) is 9.11. The lowest BCUT2D eigenvalue weighted by Gasteiger charge is -2.01. The summed E-state index contributed by atoms with van der Waals surface area (Å²) in [7, 11) is 1.69. The van der Waals surface area contributed by atoms with Gasteiger partial charge in [0.15, 0.2) is 5.69 Å². The standard InChI is InChI=1S/C7H11N5O/c1-4(8)11-7(13)5-6(9)12(2)3-10-5/h3H,1,8-9H2,2H3,(H,11,13). The number of aromatic nitrogens is 2. The minimum Gasteiger partial charge on any atom is -0.386 e. The number of rotatable bonds is 2. The van der Waals surface area contributed by atoms with E-state index in [0.717, 1.165) is 0 Å². The summed E-state index contributed by atoms with van der Waals surface area (Å²) in [5.41, 5.74) is 10.9. The quantitative estimate of drug-likeness (QED) is 0.554. The number of carbonyl (C=O) groups excluding carboxylic acids is 1. The lowest BCUT2D eigenvalue weighted by atomic mass is 10.4. The molecule has 0 bridgehead atoms. The Morgan fingerprint density at radius 2 is 2.38 bits per heavy atom. The molecule has 5 N–H and O–H groups in total. The molecule has 1 aromatic rings. The number of amides is 1. The minimum absolute atomic E-state index is 0.0649. The van der Waals surface area contributed by atoms with Gasteiger partial charge < -0.3 is 21.4 Å². The van der Waals surface area contributed by atoms with Gasteiger partial charge in [-0.1, -0.05) is 6.58 Å². The summed E-state index contributed by atoms with van der Waals surface area (Å²) in [6, 6.07) is 0. The first-order valence-electron chi connectivity index (χ1n) is 3.55. The number of nitrogens with zero attached hydrogens (tertiary/aromatic N) is 2. The minimum atomic E-state index is -0.453. The predicted octanol–water partition coefficient (Wildman–Crippen LogP) is -0.838. The number of hydrogen-bond acceptors (Lipinski definition) is 4. The summed E-state index contributed by atoms with van der Waals surface area (Å²) < 4.78 is 1.54. The van der Waals surface area contributed by atoms with Gasteiger partial charge in [0.05, 0.1) is 12.1 Å². The number of aryl methyl sites for hydroxylation is 1. The number of nitrogens with two attached hydrogens (primary N) is 2. The van der Waals surface area contributed by atoms with Gasteiger partial charge in [0, 0.05) is 7.05 Å². The number of nitrogen functional groups attached to an aromatic ring is 1. The predicted molar refractivity (Wildman–Crippen MR) is 48.4 cm³/mol. The average molecular weight is 181 g/mol. The smallest absolute Gasteiger partial charge is 0.279 e. The Morgan fingerprint density at radius 3 is 2.77 bits per heavy atom. The van der Waals surface area contributed by atoms with E-state index in [4.69, 9.17) is 11.5 Å². The molecule has 0 aromatic carbocycles. The Bertz CT molecular complexity index is 354. The zero-order chi connectivity index (χ0) is 10.0. The molecule has 0 aliphatic rings. The number of nitrogens with one attached hydrogen (secondary N) is 1. The van der Waals surface area contributed by atoms with Gasteiger partial charge in [-0.05, 0) is 0 Å².